The molecule has 0 amide bonds. The third-order valence-corrected chi connectivity index (χ3v) is 2.83. The van der Waals surface area contributed by atoms with Crippen LogP contribution in [0.4, 0.5) is 0 Å². The number of esters is 1. The van der Waals surface area contributed by atoms with E-state index in [1.807, 2.05) is 19.9 Å². The summed E-state index contributed by atoms with van der Waals surface area (Å²) in [5.74, 6) is -0.653. The zero-order valence-electron chi connectivity index (χ0n) is 11.5. The largest absolute Gasteiger partial charge is 0.462 e. The van der Waals surface area contributed by atoms with Crippen LogP contribution in [0.5, 0.6) is 0 Å². The van der Waals surface area contributed by atoms with Gasteiger partial charge in [0.25, 0.3) is 5.56 Å². The van der Waals surface area contributed by atoms with Crippen molar-refractivity contribution < 1.29 is 9.53 Å². The number of hydrogen-bond acceptors (Lipinski definition) is 4. The van der Waals surface area contributed by atoms with Crippen molar-refractivity contribution in [3.8, 4) is 0 Å². The highest BCUT2D eigenvalue weighted by molar-refractivity contribution is 5.88. The molecule has 0 saturated carbocycles. The van der Waals surface area contributed by atoms with E-state index in [4.69, 9.17) is 4.74 Å². The predicted molar refractivity (Wildman–Crippen MR) is 75.9 cm³/mol. The van der Waals surface area contributed by atoms with E-state index in [2.05, 4.69) is 11.6 Å². The number of nitrogens with zero attached hydrogens (tertiary/aromatic N) is 2. The van der Waals surface area contributed by atoms with Gasteiger partial charge in [-0.1, -0.05) is 11.6 Å². The van der Waals surface area contributed by atoms with Gasteiger partial charge in [0, 0.05) is 18.8 Å². The Hall–Kier alpha value is -2.43. The van der Waals surface area contributed by atoms with Crippen molar-refractivity contribution >= 4 is 11.6 Å². The van der Waals surface area contributed by atoms with Crippen molar-refractivity contribution in [3.63, 3.8) is 0 Å². The smallest absolute Gasteiger partial charge is 0.345 e. The quantitative estimate of drug-likeness (QED) is 0.632. The van der Waals surface area contributed by atoms with Gasteiger partial charge in [0.2, 0.25) is 0 Å². The number of fused-ring (bicyclic) bond motifs is 1. The van der Waals surface area contributed by atoms with E-state index in [1.54, 1.807) is 12.3 Å². The molecule has 0 spiro atoms. The van der Waals surface area contributed by atoms with E-state index < -0.39 is 11.5 Å². The highest BCUT2D eigenvalue weighted by atomic mass is 16.5. The van der Waals surface area contributed by atoms with Crippen LogP contribution in [0.2, 0.25) is 0 Å². The molecule has 0 fully saturated rings. The summed E-state index contributed by atoms with van der Waals surface area (Å²) in [5.41, 5.74) is 1.85. The van der Waals surface area contributed by atoms with Gasteiger partial charge in [-0.05, 0) is 25.5 Å². The summed E-state index contributed by atoms with van der Waals surface area (Å²) < 4.78 is 6.40. The number of pyridine rings is 1. The second kappa shape index (κ2) is 5.69. The Kier molecular flexibility index (Phi) is 3.98. The molecule has 0 N–H and O–H groups in total. The van der Waals surface area contributed by atoms with Gasteiger partial charge in [-0.15, -0.1) is 6.58 Å². The minimum atomic E-state index is -0.653. The van der Waals surface area contributed by atoms with Gasteiger partial charge in [-0.3, -0.25) is 9.20 Å². The molecule has 5 nitrogen and oxygen atoms in total. The lowest BCUT2D eigenvalue weighted by Gasteiger charge is -2.06. The molecule has 20 heavy (non-hydrogen) atoms. The molecule has 0 saturated heterocycles. The van der Waals surface area contributed by atoms with Crippen LogP contribution < -0.4 is 5.56 Å². The number of aryl methyl sites for hydroxylation is 1. The van der Waals surface area contributed by atoms with Crippen molar-refractivity contribution in [1.82, 2.24) is 9.38 Å². The van der Waals surface area contributed by atoms with E-state index in [0.717, 1.165) is 11.1 Å². The van der Waals surface area contributed by atoms with Crippen molar-refractivity contribution in [2.75, 3.05) is 6.61 Å². The summed E-state index contributed by atoms with van der Waals surface area (Å²) in [6.07, 6.45) is 3.48. The van der Waals surface area contributed by atoms with Gasteiger partial charge in [0.1, 0.15) is 11.2 Å². The first kappa shape index (κ1) is 14.0. The summed E-state index contributed by atoms with van der Waals surface area (Å²) >= 11 is 0. The molecule has 0 radical (unpaired) electrons. The number of aromatic nitrogens is 2. The van der Waals surface area contributed by atoms with Gasteiger partial charge in [0.05, 0.1) is 6.61 Å². The van der Waals surface area contributed by atoms with Gasteiger partial charge in [-0.25, -0.2) is 9.78 Å². The SMILES string of the molecule is C=C(C)CCOC(=O)c1cnc2ccc(C)cn2c1=O. The Labute approximate surface area is 116 Å². The highest BCUT2D eigenvalue weighted by Gasteiger charge is 2.14. The molecular formula is C15H16N2O3. The molecule has 2 aromatic heterocycles. The van der Waals surface area contributed by atoms with Gasteiger partial charge >= 0.3 is 5.97 Å². The first-order valence-corrected chi connectivity index (χ1v) is 6.28. The number of carbonyl (C=O) groups excluding carboxylic acids is 1. The number of carbonyl (C=O) groups is 1. The molecule has 0 aliphatic rings. The normalized spacial score (nSPS) is 10.5. The van der Waals surface area contributed by atoms with Gasteiger partial charge < -0.3 is 4.74 Å². The number of ether oxygens (including phenoxy) is 1. The van der Waals surface area contributed by atoms with Crippen LogP contribution in [0.1, 0.15) is 29.3 Å². The van der Waals surface area contributed by atoms with Crippen LogP contribution in [0, 0.1) is 6.92 Å². The maximum Gasteiger partial charge on any atom is 0.345 e. The summed E-state index contributed by atoms with van der Waals surface area (Å²) in [7, 11) is 0. The van der Waals surface area contributed by atoms with Gasteiger partial charge in [-0.2, -0.15) is 0 Å². The topological polar surface area (TPSA) is 60.7 Å². The molecule has 5 heteroatoms. The van der Waals surface area contributed by atoms with Crippen LogP contribution >= 0.6 is 0 Å². The van der Waals surface area contributed by atoms with E-state index >= 15 is 0 Å². The molecule has 0 aliphatic carbocycles. The minimum absolute atomic E-state index is 0.0604. The maximum atomic E-state index is 12.2. The van der Waals surface area contributed by atoms with Crippen molar-refractivity contribution in [2.45, 2.75) is 20.3 Å². The van der Waals surface area contributed by atoms with Crippen LogP contribution in [0.3, 0.4) is 0 Å². The molecule has 0 unspecified atom stereocenters. The van der Waals surface area contributed by atoms with Crippen LogP contribution in [-0.4, -0.2) is 22.0 Å². The first-order chi connectivity index (χ1) is 9.49. The Balaban J connectivity index is 2.31. The Bertz CT molecular complexity index is 731. The molecule has 2 rings (SSSR count). The van der Waals surface area contributed by atoms with Crippen molar-refractivity contribution in [1.29, 1.82) is 0 Å². The average molecular weight is 272 g/mol. The average Bonchev–Trinajstić information content (AvgIpc) is 2.39. The van der Waals surface area contributed by atoms with Crippen molar-refractivity contribution in [3.05, 3.63) is 58.2 Å². The fourth-order valence-corrected chi connectivity index (χ4v) is 1.72. The zero-order chi connectivity index (χ0) is 14.7. The first-order valence-electron chi connectivity index (χ1n) is 6.28. The lowest BCUT2D eigenvalue weighted by molar-refractivity contribution is 0.0506. The summed E-state index contributed by atoms with van der Waals surface area (Å²) in [5, 5.41) is 0. The second-order valence-corrected chi connectivity index (χ2v) is 4.75. The summed E-state index contributed by atoms with van der Waals surface area (Å²) in [6, 6.07) is 3.58. The second-order valence-electron chi connectivity index (χ2n) is 4.75. The predicted octanol–water partition coefficient (Wildman–Crippen LogP) is 2.13. The van der Waals surface area contributed by atoms with E-state index in [9.17, 15) is 9.59 Å². The highest BCUT2D eigenvalue weighted by Crippen LogP contribution is 2.03. The molecule has 0 atom stereocenters. The van der Waals surface area contributed by atoms with Gasteiger partial charge in [0.15, 0.2) is 0 Å². The third-order valence-electron chi connectivity index (χ3n) is 2.83. The summed E-state index contributed by atoms with van der Waals surface area (Å²) in [4.78, 5) is 28.2. The Morgan fingerprint density at radius 3 is 2.90 bits per heavy atom. The molecule has 2 heterocycles. The van der Waals surface area contributed by atoms with Crippen molar-refractivity contribution in [2.24, 2.45) is 0 Å². The molecule has 0 bridgehead atoms. The number of rotatable bonds is 4. The van der Waals surface area contributed by atoms with E-state index in [-0.39, 0.29) is 12.2 Å². The molecule has 2 aromatic rings. The fourth-order valence-electron chi connectivity index (χ4n) is 1.72. The molecule has 104 valence electrons. The Morgan fingerprint density at radius 1 is 1.45 bits per heavy atom. The standard InChI is InChI=1S/C15H16N2O3/c1-10(2)6-7-20-15(19)12-8-16-13-5-4-11(3)9-17(13)14(12)18/h4-5,8-9H,1,6-7H2,2-3H3. The van der Waals surface area contributed by atoms with Crippen LogP contribution in [0.15, 0.2) is 41.5 Å². The maximum absolute atomic E-state index is 12.2. The molecule has 0 aromatic carbocycles. The van der Waals surface area contributed by atoms with Crippen LogP contribution in [0.25, 0.3) is 5.65 Å². The monoisotopic (exact) mass is 272 g/mol. The summed E-state index contributed by atoms with van der Waals surface area (Å²) in [6.45, 7) is 7.65. The Morgan fingerprint density at radius 2 is 2.20 bits per heavy atom. The lowest BCUT2D eigenvalue weighted by Crippen LogP contribution is -2.24. The van der Waals surface area contributed by atoms with Crippen LogP contribution in [-0.2, 0) is 4.74 Å². The minimum Gasteiger partial charge on any atom is -0.462 e. The van der Waals surface area contributed by atoms with E-state index in [1.165, 1.54) is 10.6 Å². The fraction of sp³-hybridized carbons (Fsp3) is 0.267. The van der Waals surface area contributed by atoms with E-state index in [0.29, 0.717) is 12.1 Å². The lowest BCUT2D eigenvalue weighted by atomic mass is 10.2. The zero-order valence-corrected chi connectivity index (χ0v) is 11.5. The molecule has 0 aliphatic heterocycles. The third kappa shape index (κ3) is 2.93. The number of hydrogen-bond donors (Lipinski definition) is 0. The molecular weight excluding hydrogens is 256 g/mol.